The molecule has 0 unspecified atom stereocenters. The van der Waals surface area contributed by atoms with Crippen LogP contribution in [0.5, 0.6) is 0 Å². The van der Waals surface area contributed by atoms with Crippen LogP contribution in [0, 0.1) is 5.82 Å². The van der Waals surface area contributed by atoms with Gasteiger partial charge in [0.15, 0.2) is 0 Å². The number of ether oxygens (including phenoxy) is 2. The lowest BCUT2D eigenvalue weighted by molar-refractivity contribution is -0.139. The summed E-state index contributed by atoms with van der Waals surface area (Å²) in [7, 11) is 1.23. The van der Waals surface area contributed by atoms with E-state index in [1.54, 1.807) is 12.1 Å². The number of furan rings is 1. The van der Waals surface area contributed by atoms with Crippen LogP contribution in [0.1, 0.15) is 21.9 Å². The molecule has 0 amide bonds. The van der Waals surface area contributed by atoms with Gasteiger partial charge in [-0.1, -0.05) is 18.2 Å². The van der Waals surface area contributed by atoms with Gasteiger partial charge in [0.2, 0.25) is 5.76 Å². The molecule has 114 valence electrons. The molecule has 0 aliphatic rings. The maximum atomic E-state index is 13.3. The topological polar surface area (TPSA) is 65.7 Å². The highest BCUT2D eigenvalue weighted by atomic mass is 19.1. The van der Waals surface area contributed by atoms with Crippen molar-refractivity contribution >= 4 is 18.0 Å². The summed E-state index contributed by atoms with van der Waals surface area (Å²) in [5.74, 6) is -1.37. The Labute approximate surface area is 125 Å². The zero-order chi connectivity index (χ0) is 15.9. The zero-order valence-electron chi connectivity index (χ0n) is 11.7. The predicted octanol–water partition coefficient (Wildman–Crippen LogP) is 2.96. The summed E-state index contributed by atoms with van der Waals surface area (Å²) >= 11 is 0. The number of hydrogen-bond donors (Lipinski definition) is 0. The Balaban J connectivity index is 1.89. The Morgan fingerprint density at radius 3 is 2.73 bits per heavy atom. The highest BCUT2D eigenvalue weighted by Gasteiger charge is 2.11. The Hall–Kier alpha value is -2.89. The molecular weight excluding hydrogens is 291 g/mol. The molecule has 1 aromatic carbocycles. The van der Waals surface area contributed by atoms with Gasteiger partial charge in [-0.05, 0) is 24.3 Å². The van der Waals surface area contributed by atoms with Gasteiger partial charge in [0.1, 0.15) is 18.2 Å². The quantitative estimate of drug-likeness (QED) is 0.627. The van der Waals surface area contributed by atoms with Crippen molar-refractivity contribution in [3.05, 3.63) is 65.4 Å². The number of carbonyl (C=O) groups excluding carboxylic acids is 2. The number of hydrogen-bond acceptors (Lipinski definition) is 5. The molecule has 1 heterocycles. The molecule has 0 fully saturated rings. The molecule has 2 aromatic rings. The van der Waals surface area contributed by atoms with Crippen LogP contribution < -0.4 is 0 Å². The van der Waals surface area contributed by atoms with Crippen molar-refractivity contribution in [1.82, 2.24) is 0 Å². The monoisotopic (exact) mass is 304 g/mol. The minimum absolute atomic E-state index is 0.0236. The molecule has 0 spiro atoms. The normalized spacial score (nSPS) is 10.6. The second-order valence-corrected chi connectivity index (χ2v) is 4.22. The van der Waals surface area contributed by atoms with Crippen molar-refractivity contribution in [3.63, 3.8) is 0 Å². The largest absolute Gasteiger partial charge is 0.463 e. The average molecular weight is 304 g/mol. The van der Waals surface area contributed by atoms with Crippen molar-refractivity contribution in [3.8, 4) is 0 Å². The van der Waals surface area contributed by atoms with Gasteiger partial charge in [0.25, 0.3) is 0 Å². The zero-order valence-corrected chi connectivity index (χ0v) is 11.7. The van der Waals surface area contributed by atoms with E-state index in [-0.39, 0.29) is 17.9 Å². The molecule has 0 saturated carbocycles. The van der Waals surface area contributed by atoms with Crippen molar-refractivity contribution in [2.75, 3.05) is 7.11 Å². The number of methoxy groups -OCH3 is 1. The molecule has 2 rings (SSSR count). The van der Waals surface area contributed by atoms with E-state index in [0.29, 0.717) is 5.76 Å². The Bertz CT molecular complexity index is 702. The number of carbonyl (C=O) groups is 2. The van der Waals surface area contributed by atoms with E-state index < -0.39 is 17.8 Å². The van der Waals surface area contributed by atoms with Crippen LogP contribution in [0.15, 0.2) is 46.9 Å². The second kappa shape index (κ2) is 7.21. The molecule has 6 heteroatoms. The third-order valence-corrected chi connectivity index (χ3v) is 2.71. The van der Waals surface area contributed by atoms with Crippen molar-refractivity contribution in [2.45, 2.75) is 6.61 Å². The van der Waals surface area contributed by atoms with Gasteiger partial charge in [-0.25, -0.2) is 14.0 Å². The van der Waals surface area contributed by atoms with Gasteiger partial charge in [-0.15, -0.1) is 0 Å². The van der Waals surface area contributed by atoms with E-state index in [0.717, 1.165) is 6.08 Å². The molecule has 0 bridgehead atoms. The fraction of sp³-hybridized carbons (Fsp3) is 0.125. The fourth-order valence-corrected chi connectivity index (χ4v) is 1.62. The minimum Gasteiger partial charge on any atom is -0.463 e. The number of esters is 2. The van der Waals surface area contributed by atoms with Crippen molar-refractivity contribution in [2.24, 2.45) is 0 Å². The number of rotatable bonds is 5. The summed E-state index contributed by atoms with van der Waals surface area (Å²) in [5.41, 5.74) is 0.283. The first-order chi connectivity index (χ1) is 10.6. The molecule has 0 aliphatic heterocycles. The van der Waals surface area contributed by atoms with E-state index in [4.69, 9.17) is 9.15 Å². The molecule has 0 radical (unpaired) electrons. The van der Waals surface area contributed by atoms with Crippen LogP contribution in [-0.4, -0.2) is 19.0 Å². The number of halogens is 1. The van der Waals surface area contributed by atoms with Gasteiger partial charge in [0.05, 0.1) is 7.11 Å². The molecule has 5 nitrogen and oxygen atoms in total. The maximum Gasteiger partial charge on any atom is 0.373 e. The van der Waals surface area contributed by atoms with Gasteiger partial charge in [-0.2, -0.15) is 0 Å². The molecule has 0 aliphatic carbocycles. The van der Waals surface area contributed by atoms with Gasteiger partial charge < -0.3 is 13.9 Å². The molecule has 0 saturated heterocycles. The van der Waals surface area contributed by atoms with E-state index in [1.165, 1.54) is 37.5 Å². The summed E-state index contributed by atoms with van der Waals surface area (Å²) in [4.78, 5) is 22.7. The molecule has 0 N–H and O–H groups in total. The Kier molecular flexibility index (Phi) is 5.08. The maximum absolute atomic E-state index is 13.3. The lowest BCUT2D eigenvalue weighted by Gasteiger charge is -1.99. The first-order valence-electron chi connectivity index (χ1n) is 6.36. The Morgan fingerprint density at radius 2 is 2.00 bits per heavy atom. The summed E-state index contributed by atoms with van der Waals surface area (Å²) in [5, 5.41) is 0. The fourth-order valence-electron chi connectivity index (χ4n) is 1.62. The van der Waals surface area contributed by atoms with Crippen LogP contribution >= 0.6 is 0 Å². The van der Waals surface area contributed by atoms with E-state index in [9.17, 15) is 14.0 Å². The summed E-state index contributed by atoms with van der Waals surface area (Å²) in [6, 6.07) is 8.97. The van der Waals surface area contributed by atoms with Crippen molar-refractivity contribution < 1.29 is 27.9 Å². The second-order valence-electron chi connectivity index (χ2n) is 4.22. The van der Waals surface area contributed by atoms with Crippen molar-refractivity contribution in [1.29, 1.82) is 0 Å². The Morgan fingerprint density at radius 1 is 1.23 bits per heavy atom. The van der Waals surface area contributed by atoms with Crippen LogP contribution in [0.3, 0.4) is 0 Å². The third kappa shape index (κ3) is 4.05. The minimum atomic E-state index is -0.653. The van der Waals surface area contributed by atoms with Crippen LogP contribution in [0.2, 0.25) is 0 Å². The van der Waals surface area contributed by atoms with E-state index in [2.05, 4.69) is 4.74 Å². The standard InChI is InChI=1S/C16H13FO5/c1-20-16(19)14-8-7-12(22-14)10-21-15(18)9-6-11-4-2-3-5-13(11)17/h2-9H,10H2,1H3/b9-6+. The number of benzene rings is 1. The molecule has 22 heavy (non-hydrogen) atoms. The van der Waals surface area contributed by atoms with E-state index in [1.807, 2.05) is 0 Å². The predicted molar refractivity (Wildman–Crippen MR) is 75.3 cm³/mol. The first kappa shape index (κ1) is 15.5. The van der Waals surface area contributed by atoms with Crippen LogP contribution in [0.4, 0.5) is 4.39 Å². The first-order valence-corrected chi connectivity index (χ1v) is 6.36. The molecular formula is C16H13FO5. The molecule has 0 atom stereocenters. The SMILES string of the molecule is COC(=O)c1ccc(COC(=O)/C=C/c2ccccc2F)o1. The lowest BCUT2D eigenvalue weighted by Crippen LogP contribution is -2.01. The summed E-state index contributed by atoms with van der Waals surface area (Å²) < 4.78 is 27.9. The summed E-state index contributed by atoms with van der Waals surface area (Å²) in [6.45, 7) is -0.141. The lowest BCUT2D eigenvalue weighted by atomic mass is 10.2. The average Bonchev–Trinajstić information content (AvgIpc) is 3.00. The van der Waals surface area contributed by atoms with Crippen LogP contribution in [-0.2, 0) is 20.9 Å². The van der Waals surface area contributed by atoms with Gasteiger partial charge in [-0.3, -0.25) is 0 Å². The van der Waals surface area contributed by atoms with Gasteiger partial charge >= 0.3 is 11.9 Å². The van der Waals surface area contributed by atoms with Crippen LogP contribution in [0.25, 0.3) is 6.08 Å². The third-order valence-electron chi connectivity index (χ3n) is 2.71. The highest BCUT2D eigenvalue weighted by Crippen LogP contribution is 2.11. The molecule has 1 aromatic heterocycles. The smallest absolute Gasteiger partial charge is 0.373 e. The van der Waals surface area contributed by atoms with Gasteiger partial charge in [0, 0.05) is 11.6 Å². The van der Waals surface area contributed by atoms with E-state index >= 15 is 0 Å². The summed E-state index contributed by atoms with van der Waals surface area (Å²) in [6.07, 6.45) is 2.43. The highest BCUT2D eigenvalue weighted by molar-refractivity contribution is 5.87.